The van der Waals surface area contributed by atoms with Gasteiger partial charge >= 0.3 is 5.97 Å². The Morgan fingerprint density at radius 1 is 1.13 bits per heavy atom. The van der Waals surface area contributed by atoms with E-state index in [1.165, 1.54) is 12.7 Å². The van der Waals surface area contributed by atoms with Gasteiger partial charge in [0, 0.05) is 18.3 Å². The minimum atomic E-state index is -0.322. The molecule has 0 aliphatic heterocycles. The van der Waals surface area contributed by atoms with Crippen molar-refractivity contribution in [3.05, 3.63) is 65.2 Å². The summed E-state index contributed by atoms with van der Waals surface area (Å²) in [6.07, 6.45) is 2.08. The van der Waals surface area contributed by atoms with Gasteiger partial charge < -0.3 is 14.8 Å². The molecule has 0 aliphatic rings. The van der Waals surface area contributed by atoms with Gasteiger partial charge in [0.15, 0.2) is 0 Å². The van der Waals surface area contributed by atoms with E-state index in [9.17, 15) is 4.79 Å². The van der Waals surface area contributed by atoms with E-state index in [0.29, 0.717) is 5.56 Å². The minimum Gasteiger partial charge on any atom is -0.497 e. The zero-order valence-electron chi connectivity index (χ0n) is 13.6. The van der Waals surface area contributed by atoms with Crippen molar-refractivity contribution in [1.29, 1.82) is 0 Å². The van der Waals surface area contributed by atoms with Gasteiger partial charge in [-0.25, -0.2) is 4.79 Å². The van der Waals surface area contributed by atoms with E-state index < -0.39 is 0 Å². The Morgan fingerprint density at radius 3 is 2.52 bits per heavy atom. The van der Waals surface area contributed by atoms with Crippen LogP contribution in [0.2, 0.25) is 0 Å². The largest absolute Gasteiger partial charge is 0.497 e. The molecular weight excluding hydrogens is 290 g/mol. The summed E-state index contributed by atoms with van der Waals surface area (Å²) >= 11 is 0. The highest BCUT2D eigenvalue weighted by atomic mass is 16.5. The summed E-state index contributed by atoms with van der Waals surface area (Å²) in [5.74, 6) is 0.506. The smallest absolute Gasteiger partial charge is 0.337 e. The molecule has 0 heterocycles. The highest BCUT2D eigenvalue weighted by Gasteiger charge is 2.03. The average Bonchev–Trinajstić information content (AvgIpc) is 2.60. The van der Waals surface area contributed by atoms with Crippen LogP contribution in [0, 0.1) is 0 Å². The fourth-order valence-electron chi connectivity index (χ4n) is 2.14. The van der Waals surface area contributed by atoms with Crippen LogP contribution in [0.3, 0.4) is 0 Å². The Balaban J connectivity index is 1.98. The van der Waals surface area contributed by atoms with Gasteiger partial charge in [0.1, 0.15) is 5.75 Å². The lowest BCUT2D eigenvalue weighted by atomic mass is 10.1. The number of nitrogens with one attached hydrogen (secondary N) is 1. The van der Waals surface area contributed by atoms with Crippen molar-refractivity contribution in [3.8, 4) is 5.75 Å². The molecule has 4 nitrogen and oxygen atoms in total. The molecule has 0 saturated heterocycles. The number of carbonyl (C=O) groups excluding carboxylic acids is 1. The fraction of sp³-hybridized carbons (Fsp3) is 0.211. The molecule has 0 amide bonds. The molecule has 0 unspecified atom stereocenters. The summed E-state index contributed by atoms with van der Waals surface area (Å²) in [4.78, 5) is 11.4. The molecule has 1 N–H and O–H groups in total. The SMILES string of the molecule is COC(=O)c1ccc(C=C(C)CNc2cccc(OC)c2)cc1. The third kappa shape index (κ3) is 4.88. The van der Waals surface area contributed by atoms with Crippen LogP contribution in [0.5, 0.6) is 5.75 Å². The van der Waals surface area contributed by atoms with E-state index in [0.717, 1.165) is 23.5 Å². The monoisotopic (exact) mass is 311 g/mol. The van der Waals surface area contributed by atoms with E-state index >= 15 is 0 Å². The first-order valence-corrected chi connectivity index (χ1v) is 7.36. The summed E-state index contributed by atoms with van der Waals surface area (Å²) in [7, 11) is 3.03. The first-order valence-electron chi connectivity index (χ1n) is 7.36. The molecule has 120 valence electrons. The molecule has 2 aromatic carbocycles. The second-order valence-corrected chi connectivity index (χ2v) is 5.19. The van der Waals surface area contributed by atoms with Gasteiger partial charge in [0.05, 0.1) is 19.8 Å². The highest BCUT2D eigenvalue weighted by molar-refractivity contribution is 5.89. The van der Waals surface area contributed by atoms with E-state index in [4.69, 9.17) is 4.74 Å². The Bertz CT molecular complexity index is 690. The third-order valence-electron chi connectivity index (χ3n) is 3.39. The number of benzene rings is 2. The lowest BCUT2D eigenvalue weighted by molar-refractivity contribution is 0.0600. The summed E-state index contributed by atoms with van der Waals surface area (Å²) in [6.45, 7) is 2.79. The van der Waals surface area contributed by atoms with Crippen molar-refractivity contribution in [2.45, 2.75) is 6.92 Å². The number of hydrogen-bond donors (Lipinski definition) is 1. The maximum atomic E-state index is 11.4. The number of carbonyl (C=O) groups is 1. The first kappa shape index (κ1) is 16.6. The maximum Gasteiger partial charge on any atom is 0.337 e. The third-order valence-corrected chi connectivity index (χ3v) is 3.39. The molecule has 0 bridgehead atoms. The second-order valence-electron chi connectivity index (χ2n) is 5.19. The predicted molar refractivity (Wildman–Crippen MR) is 92.9 cm³/mol. The van der Waals surface area contributed by atoms with Gasteiger partial charge in [-0.2, -0.15) is 0 Å². The van der Waals surface area contributed by atoms with Gasteiger partial charge in [-0.1, -0.05) is 29.8 Å². The van der Waals surface area contributed by atoms with Crippen LogP contribution < -0.4 is 10.1 Å². The number of esters is 1. The zero-order chi connectivity index (χ0) is 16.7. The Hall–Kier alpha value is -2.75. The van der Waals surface area contributed by atoms with Gasteiger partial charge in [-0.3, -0.25) is 0 Å². The van der Waals surface area contributed by atoms with Crippen LogP contribution in [-0.2, 0) is 4.74 Å². The van der Waals surface area contributed by atoms with E-state index in [1.807, 2.05) is 36.4 Å². The molecule has 0 saturated carbocycles. The fourth-order valence-corrected chi connectivity index (χ4v) is 2.14. The Morgan fingerprint density at radius 2 is 1.87 bits per heavy atom. The van der Waals surface area contributed by atoms with Gasteiger partial charge in [-0.15, -0.1) is 0 Å². The first-order chi connectivity index (χ1) is 11.1. The molecule has 0 aromatic heterocycles. The van der Waals surface area contributed by atoms with Crippen LogP contribution >= 0.6 is 0 Å². The number of rotatable bonds is 6. The summed E-state index contributed by atoms with van der Waals surface area (Å²) in [5, 5.41) is 3.36. The summed E-state index contributed by atoms with van der Waals surface area (Å²) in [6, 6.07) is 15.2. The molecule has 2 rings (SSSR count). The lowest BCUT2D eigenvalue weighted by Gasteiger charge is -2.08. The van der Waals surface area contributed by atoms with Crippen LogP contribution in [0.1, 0.15) is 22.8 Å². The zero-order valence-corrected chi connectivity index (χ0v) is 13.6. The summed E-state index contributed by atoms with van der Waals surface area (Å²) in [5.41, 5.74) is 3.79. The topological polar surface area (TPSA) is 47.6 Å². The average molecular weight is 311 g/mol. The van der Waals surface area contributed by atoms with E-state index in [2.05, 4.69) is 23.1 Å². The standard InChI is InChI=1S/C19H21NO3/c1-14(13-20-17-5-4-6-18(12-17)22-2)11-15-7-9-16(10-8-15)19(21)23-3/h4-12,20H,13H2,1-3H3. The Kier molecular flexibility index (Phi) is 5.80. The minimum absolute atomic E-state index is 0.322. The quantitative estimate of drug-likeness (QED) is 0.819. The lowest BCUT2D eigenvalue weighted by Crippen LogP contribution is -2.03. The number of methoxy groups -OCH3 is 2. The summed E-state index contributed by atoms with van der Waals surface area (Å²) < 4.78 is 9.89. The van der Waals surface area contributed by atoms with Crippen molar-refractivity contribution >= 4 is 17.7 Å². The molecule has 0 aliphatic carbocycles. The Labute approximate surface area is 136 Å². The molecule has 4 heteroatoms. The molecule has 0 radical (unpaired) electrons. The number of hydrogen-bond acceptors (Lipinski definition) is 4. The number of anilines is 1. The molecule has 0 spiro atoms. The molecule has 23 heavy (non-hydrogen) atoms. The van der Waals surface area contributed by atoms with Crippen molar-refractivity contribution in [2.24, 2.45) is 0 Å². The predicted octanol–water partition coefficient (Wildman–Crippen LogP) is 4.00. The van der Waals surface area contributed by atoms with Gasteiger partial charge in [0.25, 0.3) is 0 Å². The normalized spacial score (nSPS) is 11.0. The maximum absolute atomic E-state index is 11.4. The van der Waals surface area contributed by atoms with Crippen LogP contribution in [0.15, 0.2) is 54.1 Å². The van der Waals surface area contributed by atoms with Gasteiger partial charge in [-0.05, 0) is 36.8 Å². The highest BCUT2D eigenvalue weighted by Crippen LogP contribution is 2.17. The van der Waals surface area contributed by atoms with Crippen LogP contribution in [0.4, 0.5) is 5.69 Å². The van der Waals surface area contributed by atoms with E-state index in [-0.39, 0.29) is 5.97 Å². The van der Waals surface area contributed by atoms with E-state index in [1.54, 1.807) is 19.2 Å². The molecule has 0 atom stereocenters. The van der Waals surface area contributed by atoms with Crippen molar-refractivity contribution < 1.29 is 14.3 Å². The van der Waals surface area contributed by atoms with Crippen molar-refractivity contribution in [3.63, 3.8) is 0 Å². The number of ether oxygens (including phenoxy) is 2. The molecular formula is C19H21NO3. The molecule has 2 aromatic rings. The second kappa shape index (κ2) is 8.03. The van der Waals surface area contributed by atoms with Gasteiger partial charge in [0.2, 0.25) is 0 Å². The molecule has 0 fully saturated rings. The van der Waals surface area contributed by atoms with Crippen molar-refractivity contribution in [1.82, 2.24) is 0 Å². The van der Waals surface area contributed by atoms with Crippen molar-refractivity contribution in [2.75, 3.05) is 26.1 Å². The van der Waals surface area contributed by atoms with Crippen LogP contribution in [0.25, 0.3) is 6.08 Å². The van der Waals surface area contributed by atoms with Crippen LogP contribution in [-0.4, -0.2) is 26.7 Å².